The molecule has 0 aliphatic heterocycles. The van der Waals surface area contributed by atoms with Gasteiger partial charge in [0.15, 0.2) is 11.5 Å². The minimum Gasteiger partial charge on any atom is -0.494 e. The van der Waals surface area contributed by atoms with E-state index in [1.54, 1.807) is 4.68 Å². The fourth-order valence-corrected chi connectivity index (χ4v) is 3.29. The second kappa shape index (κ2) is 9.82. The standard InChI is InChI=1S/C24H25N5O3/c1-3-31-20-11-7-18(8-12-20)17-25-23(30)22-24(28-15-5-6-16-28)29(27-26-22)19-9-13-21(14-10-19)32-4-2/h5-16H,3-4,17H2,1-2H3,(H,25,30). The minimum atomic E-state index is -0.306. The molecule has 0 aliphatic carbocycles. The van der Waals surface area contributed by atoms with E-state index < -0.39 is 0 Å². The van der Waals surface area contributed by atoms with Gasteiger partial charge in [-0.25, -0.2) is 0 Å². The highest BCUT2D eigenvalue weighted by atomic mass is 16.5. The summed E-state index contributed by atoms with van der Waals surface area (Å²) in [5.41, 5.74) is 1.97. The highest BCUT2D eigenvalue weighted by Gasteiger charge is 2.22. The highest BCUT2D eigenvalue weighted by Crippen LogP contribution is 2.21. The van der Waals surface area contributed by atoms with Crippen molar-refractivity contribution in [3.05, 3.63) is 84.3 Å². The van der Waals surface area contributed by atoms with E-state index in [1.165, 1.54) is 0 Å². The fourth-order valence-electron chi connectivity index (χ4n) is 3.29. The van der Waals surface area contributed by atoms with Crippen molar-refractivity contribution in [3.63, 3.8) is 0 Å². The fraction of sp³-hybridized carbons (Fsp3) is 0.208. The Labute approximate surface area is 186 Å². The number of aromatic nitrogens is 4. The SMILES string of the molecule is CCOc1ccc(CNC(=O)c2nnn(-c3ccc(OCC)cc3)c2-n2cccc2)cc1. The zero-order valence-corrected chi connectivity index (χ0v) is 18.1. The van der Waals surface area contributed by atoms with Crippen molar-refractivity contribution in [1.82, 2.24) is 24.9 Å². The number of nitrogens with one attached hydrogen (secondary N) is 1. The van der Waals surface area contributed by atoms with E-state index in [4.69, 9.17) is 9.47 Å². The van der Waals surface area contributed by atoms with Crippen LogP contribution in [0.1, 0.15) is 29.9 Å². The zero-order valence-electron chi connectivity index (χ0n) is 18.1. The van der Waals surface area contributed by atoms with Crippen LogP contribution in [0.4, 0.5) is 0 Å². The Morgan fingerprint density at radius 1 is 0.906 bits per heavy atom. The van der Waals surface area contributed by atoms with E-state index in [1.807, 2.05) is 91.5 Å². The zero-order chi connectivity index (χ0) is 22.3. The van der Waals surface area contributed by atoms with E-state index in [0.717, 1.165) is 22.7 Å². The van der Waals surface area contributed by atoms with Crippen molar-refractivity contribution in [1.29, 1.82) is 0 Å². The number of carbonyl (C=O) groups is 1. The number of nitrogens with zero attached hydrogens (tertiary/aromatic N) is 4. The molecule has 0 saturated heterocycles. The van der Waals surface area contributed by atoms with Crippen molar-refractivity contribution in [3.8, 4) is 23.0 Å². The van der Waals surface area contributed by atoms with Gasteiger partial charge in [0, 0.05) is 18.9 Å². The number of ether oxygens (including phenoxy) is 2. The largest absolute Gasteiger partial charge is 0.494 e. The molecule has 0 bridgehead atoms. The molecule has 0 aliphatic rings. The van der Waals surface area contributed by atoms with Gasteiger partial charge >= 0.3 is 0 Å². The molecule has 1 N–H and O–H groups in total. The van der Waals surface area contributed by atoms with Crippen LogP contribution in [0, 0.1) is 0 Å². The summed E-state index contributed by atoms with van der Waals surface area (Å²) in [6, 6.07) is 18.9. The number of hydrogen-bond donors (Lipinski definition) is 1. The summed E-state index contributed by atoms with van der Waals surface area (Å²) in [7, 11) is 0. The molecule has 4 rings (SSSR count). The maximum absolute atomic E-state index is 13.0. The van der Waals surface area contributed by atoms with E-state index >= 15 is 0 Å². The van der Waals surface area contributed by atoms with Crippen LogP contribution < -0.4 is 14.8 Å². The third-order valence-corrected chi connectivity index (χ3v) is 4.79. The average molecular weight is 431 g/mol. The van der Waals surface area contributed by atoms with Gasteiger partial charge in [-0.05, 0) is 67.9 Å². The molecule has 2 aromatic heterocycles. The van der Waals surface area contributed by atoms with Crippen LogP contribution in [-0.4, -0.2) is 38.7 Å². The number of hydrogen-bond acceptors (Lipinski definition) is 5. The van der Waals surface area contributed by atoms with Gasteiger partial charge in [-0.3, -0.25) is 4.79 Å². The molecule has 0 radical (unpaired) electrons. The molecule has 8 heteroatoms. The molecular weight excluding hydrogens is 406 g/mol. The lowest BCUT2D eigenvalue weighted by atomic mass is 10.2. The average Bonchev–Trinajstić information content (AvgIpc) is 3.49. The number of rotatable bonds is 9. The quantitative estimate of drug-likeness (QED) is 0.436. The molecule has 0 spiro atoms. The first-order valence-corrected chi connectivity index (χ1v) is 10.5. The van der Waals surface area contributed by atoms with Gasteiger partial charge in [-0.2, -0.15) is 4.68 Å². The predicted molar refractivity (Wildman–Crippen MR) is 121 cm³/mol. The normalized spacial score (nSPS) is 10.7. The second-order valence-corrected chi connectivity index (χ2v) is 6.95. The number of amides is 1. The predicted octanol–water partition coefficient (Wildman–Crippen LogP) is 3.79. The van der Waals surface area contributed by atoms with Crippen LogP contribution in [0.15, 0.2) is 73.1 Å². The molecule has 0 fully saturated rings. The topological polar surface area (TPSA) is 83.2 Å². The lowest BCUT2D eigenvalue weighted by Crippen LogP contribution is -2.24. The van der Waals surface area contributed by atoms with Gasteiger partial charge in [0.05, 0.1) is 18.9 Å². The van der Waals surface area contributed by atoms with E-state index in [2.05, 4.69) is 15.6 Å². The minimum absolute atomic E-state index is 0.237. The van der Waals surface area contributed by atoms with E-state index in [-0.39, 0.29) is 11.6 Å². The highest BCUT2D eigenvalue weighted by molar-refractivity contribution is 5.95. The molecule has 8 nitrogen and oxygen atoms in total. The summed E-state index contributed by atoms with van der Waals surface area (Å²) in [5.74, 6) is 1.83. The van der Waals surface area contributed by atoms with Crippen LogP contribution in [0.3, 0.4) is 0 Å². The Hall–Kier alpha value is -4.07. The Morgan fingerprint density at radius 2 is 1.50 bits per heavy atom. The van der Waals surface area contributed by atoms with Crippen LogP contribution in [0.2, 0.25) is 0 Å². The van der Waals surface area contributed by atoms with Crippen molar-refractivity contribution < 1.29 is 14.3 Å². The number of carbonyl (C=O) groups excluding carboxylic acids is 1. The first-order chi connectivity index (χ1) is 15.7. The molecular formula is C24H25N5O3. The smallest absolute Gasteiger partial charge is 0.276 e. The van der Waals surface area contributed by atoms with Crippen molar-refractivity contribution in [2.24, 2.45) is 0 Å². The molecule has 0 atom stereocenters. The molecule has 32 heavy (non-hydrogen) atoms. The second-order valence-electron chi connectivity index (χ2n) is 6.95. The summed E-state index contributed by atoms with van der Waals surface area (Å²) in [6.07, 6.45) is 3.71. The molecule has 2 heterocycles. The third kappa shape index (κ3) is 4.64. The summed E-state index contributed by atoms with van der Waals surface area (Å²) in [5, 5.41) is 11.4. The number of benzene rings is 2. The molecule has 164 valence electrons. The maximum Gasteiger partial charge on any atom is 0.276 e. The van der Waals surface area contributed by atoms with Gasteiger partial charge in [0.2, 0.25) is 0 Å². The van der Waals surface area contributed by atoms with Crippen LogP contribution >= 0.6 is 0 Å². The van der Waals surface area contributed by atoms with Crippen molar-refractivity contribution in [2.75, 3.05) is 13.2 Å². The van der Waals surface area contributed by atoms with Crippen LogP contribution in [-0.2, 0) is 6.54 Å². The Balaban J connectivity index is 1.57. The first kappa shape index (κ1) is 21.2. The maximum atomic E-state index is 13.0. The van der Waals surface area contributed by atoms with Crippen molar-refractivity contribution >= 4 is 5.91 Å². The first-order valence-electron chi connectivity index (χ1n) is 10.5. The molecule has 1 amide bonds. The summed E-state index contributed by atoms with van der Waals surface area (Å²) >= 11 is 0. The van der Waals surface area contributed by atoms with Gasteiger partial charge in [0.25, 0.3) is 5.91 Å². The van der Waals surface area contributed by atoms with Gasteiger partial charge in [-0.1, -0.05) is 17.3 Å². The van der Waals surface area contributed by atoms with E-state index in [0.29, 0.717) is 25.6 Å². The lowest BCUT2D eigenvalue weighted by molar-refractivity contribution is 0.0946. The van der Waals surface area contributed by atoms with Gasteiger partial charge < -0.3 is 19.4 Å². The molecule has 0 unspecified atom stereocenters. The summed E-state index contributed by atoms with van der Waals surface area (Å²) in [6.45, 7) is 5.45. The monoisotopic (exact) mass is 431 g/mol. The van der Waals surface area contributed by atoms with Gasteiger partial charge in [0.1, 0.15) is 11.5 Å². The Bertz CT molecular complexity index is 1150. The summed E-state index contributed by atoms with van der Waals surface area (Å²) < 4.78 is 14.4. The van der Waals surface area contributed by atoms with Gasteiger partial charge in [-0.15, -0.1) is 5.10 Å². The summed E-state index contributed by atoms with van der Waals surface area (Å²) in [4.78, 5) is 13.0. The van der Waals surface area contributed by atoms with Crippen LogP contribution in [0.25, 0.3) is 11.5 Å². The van der Waals surface area contributed by atoms with Crippen molar-refractivity contribution in [2.45, 2.75) is 20.4 Å². The molecule has 2 aromatic carbocycles. The third-order valence-electron chi connectivity index (χ3n) is 4.79. The lowest BCUT2D eigenvalue weighted by Gasteiger charge is -2.10. The Morgan fingerprint density at radius 3 is 2.09 bits per heavy atom. The molecule has 4 aromatic rings. The van der Waals surface area contributed by atoms with Crippen LogP contribution in [0.5, 0.6) is 11.5 Å². The van der Waals surface area contributed by atoms with E-state index in [9.17, 15) is 4.79 Å². The molecule has 0 saturated carbocycles. The Kier molecular flexibility index (Phi) is 6.50.